The molecule has 3 aliphatic carbocycles. The maximum atomic E-state index is 13.8. The highest BCUT2D eigenvalue weighted by atomic mass is 19.1. The topological polar surface area (TPSA) is 40.5 Å². The molecule has 0 spiro atoms. The van der Waals surface area contributed by atoms with E-state index >= 15 is 0 Å². The van der Waals surface area contributed by atoms with Gasteiger partial charge in [-0.1, -0.05) is 13.0 Å². The first-order chi connectivity index (χ1) is 11.4. The van der Waals surface area contributed by atoms with Crippen molar-refractivity contribution in [3.63, 3.8) is 0 Å². The third-order valence-corrected chi connectivity index (χ3v) is 7.00. The second-order valence-corrected chi connectivity index (χ2v) is 8.58. The summed E-state index contributed by atoms with van der Waals surface area (Å²) in [5, 5.41) is 20.1. The standard InChI is InChI=1S/C21H27FO2/c1-12(22)7-14-8-13-9-15(23)3-4-17(13)18-5-6-21(2)11-16(24)10-19(21)20(14)18/h3-4,7,9,14,16,18-20,23-24H,5-6,8,10-11H2,1-2H3/t14-,16+,18+,19-,20+,21+/m0/s1. The highest BCUT2D eigenvalue weighted by Gasteiger charge is 2.54. The maximum absolute atomic E-state index is 13.8. The van der Waals surface area contributed by atoms with Gasteiger partial charge in [-0.25, -0.2) is 4.39 Å². The lowest BCUT2D eigenvalue weighted by Crippen LogP contribution is -2.43. The molecule has 2 N–H and O–H groups in total. The Morgan fingerprint density at radius 3 is 2.92 bits per heavy atom. The second-order valence-electron chi connectivity index (χ2n) is 8.58. The molecule has 0 radical (unpaired) electrons. The average molecular weight is 330 g/mol. The van der Waals surface area contributed by atoms with Gasteiger partial charge in [-0.05, 0) is 97.5 Å². The molecule has 3 heteroatoms. The predicted molar refractivity (Wildman–Crippen MR) is 92.5 cm³/mol. The van der Waals surface area contributed by atoms with Crippen LogP contribution in [0.3, 0.4) is 0 Å². The van der Waals surface area contributed by atoms with Crippen molar-refractivity contribution in [2.24, 2.45) is 23.2 Å². The van der Waals surface area contributed by atoms with Crippen LogP contribution in [0, 0.1) is 23.2 Å². The Morgan fingerprint density at radius 1 is 1.38 bits per heavy atom. The lowest BCUT2D eigenvalue weighted by molar-refractivity contribution is 0.0386. The van der Waals surface area contributed by atoms with Crippen LogP contribution in [0.4, 0.5) is 4.39 Å². The van der Waals surface area contributed by atoms with Gasteiger partial charge in [0.1, 0.15) is 5.75 Å². The Bertz CT molecular complexity index is 678. The summed E-state index contributed by atoms with van der Waals surface area (Å²) in [6.07, 6.45) is 6.32. The minimum Gasteiger partial charge on any atom is -0.508 e. The number of phenolic OH excluding ortho intramolecular Hbond substituents is 1. The van der Waals surface area contributed by atoms with Crippen molar-refractivity contribution >= 4 is 0 Å². The van der Waals surface area contributed by atoms with E-state index < -0.39 is 0 Å². The zero-order valence-corrected chi connectivity index (χ0v) is 14.5. The molecule has 2 saturated carbocycles. The van der Waals surface area contributed by atoms with Gasteiger partial charge in [-0.2, -0.15) is 0 Å². The van der Waals surface area contributed by atoms with E-state index in [9.17, 15) is 14.6 Å². The second kappa shape index (κ2) is 5.59. The molecular formula is C21H27FO2. The van der Waals surface area contributed by atoms with E-state index in [-0.39, 0.29) is 23.3 Å². The molecule has 1 aromatic rings. The number of aromatic hydroxyl groups is 1. The molecule has 24 heavy (non-hydrogen) atoms. The highest BCUT2D eigenvalue weighted by Crippen LogP contribution is 2.62. The minimum absolute atomic E-state index is 0.117. The average Bonchev–Trinajstić information content (AvgIpc) is 2.80. The van der Waals surface area contributed by atoms with Crippen LogP contribution in [-0.4, -0.2) is 16.3 Å². The lowest BCUT2D eigenvalue weighted by Gasteiger charge is -2.51. The van der Waals surface area contributed by atoms with Crippen molar-refractivity contribution in [1.82, 2.24) is 0 Å². The van der Waals surface area contributed by atoms with Gasteiger partial charge in [0.25, 0.3) is 0 Å². The largest absolute Gasteiger partial charge is 0.508 e. The molecule has 2 fully saturated rings. The first-order valence-corrected chi connectivity index (χ1v) is 9.21. The van der Waals surface area contributed by atoms with E-state index in [0.29, 0.717) is 23.5 Å². The SMILES string of the molecule is CC(F)=C[C@H]1Cc2cc(O)ccc2[C@H]2CC[C@]3(C)C[C@H](O)C[C@H]3[C@@H]21. The van der Waals surface area contributed by atoms with Crippen LogP contribution < -0.4 is 0 Å². The predicted octanol–water partition coefficient (Wildman–Crippen LogP) is 4.71. The van der Waals surface area contributed by atoms with Crippen molar-refractivity contribution in [3.8, 4) is 5.75 Å². The summed E-state index contributed by atoms with van der Waals surface area (Å²) < 4.78 is 13.8. The molecular weight excluding hydrogens is 303 g/mol. The van der Waals surface area contributed by atoms with Crippen LogP contribution in [0.5, 0.6) is 5.75 Å². The van der Waals surface area contributed by atoms with Crippen molar-refractivity contribution in [2.45, 2.75) is 58.0 Å². The van der Waals surface area contributed by atoms with Crippen molar-refractivity contribution < 1.29 is 14.6 Å². The number of phenols is 1. The number of hydrogen-bond acceptors (Lipinski definition) is 2. The monoisotopic (exact) mass is 330 g/mol. The van der Waals surface area contributed by atoms with Gasteiger partial charge >= 0.3 is 0 Å². The summed E-state index contributed by atoms with van der Waals surface area (Å²) in [5.41, 5.74) is 2.69. The molecule has 2 nitrogen and oxygen atoms in total. The number of aliphatic hydroxyl groups excluding tert-OH is 1. The van der Waals surface area contributed by atoms with Crippen LogP contribution in [0.25, 0.3) is 0 Å². The molecule has 4 rings (SSSR count). The van der Waals surface area contributed by atoms with Crippen LogP contribution >= 0.6 is 0 Å². The summed E-state index contributed by atoms with van der Waals surface area (Å²) in [5.74, 6) is 1.59. The Labute approximate surface area is 143 Å². The molecule has 6 atom stereocenters. The zero-order valence-electron chi connectivity index (χ0n) is 14.5. The number of rotatable bonds is 1. The van der Waals surface area contributed by atoms with Crippen molar-refractivity contribution in [3.05, 3.63) is 41.2 Å². The Morgan fingerprint density at radius 2 is 2.17 bits per heavy atom. The molecule has 130 valence electrons. The fourth-order valence-corrected chi connectivity index (χ4v) is 6.16. The fraction of sp³-hybridized carbons (Fsp3) is 0.619. The van der Waals surface area contributed by atoms with Gasteiger partial charge in [0.15, 0.2) is 0 Å². The van der Waals surface area contributed by atoms with E-state index in [1.165, 1.54) is 18.1 Å². The van der Waals surface area contributed by atoms with Crippen LogP contribution in [-0.2, 0) is 6.42 Å². The third-order valence-electron chi connectivity index (χ3n) is 7.00. The summed E-state index contributed by atoms with van der Waals surface area (Å²) in [4.78, 5) is 0. The number of benzene rings is 1. The summed E-state index contributed by atoms with van der Waals surface area (Å²) >= 11 is 0. The first kappa shape index (κ1) is 16.1. The molecule has 0 unspecified atom stereocenters. The van der Waals surface area contributed by atoms with E-state index in [2.05, 4.69) is 13.0 Å². The first-order valence-electron chi connectivity index (χ1n) is 9.21. The normalized spacial score (nSPS) is 41.5. The van der Waals surface area contributed by atoms with Crippen molar-refractivity contribution in [1.29, 1.82) is 0 Å². The number of hydrogen-bond donors (Lipinski definition) is 2. The van der Waals surface area contributed by atoms with Gasteiger partial charge in [-0.3, -0.25) is 0 Å². The smallest absolute Gasteiger partial charge is 0.115 e. The number of allylic oxidation sites excluding steroid dienone is 2. The molecule has 0 bridgehead atoms. The summed E-state index contributed by atoms with van der Waals surface area (Å²) in [7, 11) is 0. The quantitative estimate of drug-likeness (QED) is 0.783. The number of halogens is 1. The summed E-state index contributed by atoms with van der Waals surface area (Å²) in [6.45, 7) is 3.85. The minimum atomic E-state index is -0.212. The van der Waals surface area contributed by atoms with Crippen molar-refractivity contribution in [2.75, 3.05) is 0 Å². The van der Waals surface area contributed by atoms with Gasteiger partial charge in [0, 0.05) is 0 Å². The Balaban J connectivity index is 1.80. The lowest BCUT2D eigenvalue weighted by atomic mass is 9.53. The van der Waals surface area contributed by atoms with E-state index in [1.807, 2.05) is 6.07 Å². The Hall–Kier alpha value is -1.35. The molecule has 0 aliphatic heterocycles. The van der Waals surface area contributed by atoms with Crippen LogP contribution in [0.15, 0.2) is 30.1 Å². The number of fused-ring (bicyclic) bond motifs is 5. The molecule has 0 aromatic heterocycles. The molecule has 1 aromatic carbocycles. The molecule has 0 heterocycles. The third kappa shape index (κ3) is 2.48. The van der Waals surface area contributed by atoms with Gasteiger partial charge in [0.05, 0.1) is 11.9 Å². The van der Waals surface area contributed by atoms with E-state index in [4.69, 9.17) is 0 Å². The Kier molecular flexibility index (Phi) is 3.76. The number of aliphatic hydroxyl groups is 1. The molecule has 0 amide bonds. The van der Waals surface area contributed by atoms with E-state index in [0.717, 1.165) is 32.1 Å². The highest BCUT2D eigenvalue weighted by molar-refractivity contribution is 5.41. The van der Waals surface area contributed by atoms with Crippen LogP contribution in [0.1, 0.15) is 56.6 Å². The van der Waals surface area contributed by atoms with Gasteiger partial charge < -0.3 is 10.2 Å². The summed E-state index contributed by atoms with van der Waals surface area (Å²) in [6, 6.07) is 5.71. The molecule has 0 saturated heterocycles. The maximum Gasteiger partial charge on any atom is 0.115 e. The molecule has 3 aliphatic rings. The zero-order chi connectivity index (χ0) is 17.1. The van der Waals surface area contributed by atoms with Gasteiger partial charge in [0.2, 0.25) is 0 Å². The van der Waals surface area contributed by atoms with Gasteiger partial charge in [-0.15, -0.1) is 0 Å². The van der Waals surface area contributed by atoms with E-state index in [1.54, 1.807) is 12.1 Å². The van der Waals surface area contributed by atoms with Crippen LogP contribution in [0.2, 0.25) is 0 Å². The fourth-order valence-electron chi connectivity index (χ4n) is 6.16.